The lowest BCUT2D eigenvalue weighted by Crippen LogP contribution is -2.00. The Morgan fingerprint density at radius 2 is 1.53 bits per heavy atom. The summed E-state index contributed by atoms with van der Waals surface area (Å²) in [5, 5.41) is 0. The molecule has 2 aromatic carbocycles. The summed E-state index contributed by atoms with van der Waals surface area (Å²) in [4.78, 5) is 9.10. The second-order valence-corrected chi connectivity index (χ2v) is 4.69. The maximum Gasteiger partial charge on any atom is 0.150 e. The molecule has 0 radical (unpaired) electrons. The summed E-state index contributed by atoms with van der Waals surface area (Å²) in [5.41, 5.74) is 12.0. The number of aryl methyl sites for hydroxylation is 1. The topological polar surface area (TPSA) is 51.8 Å². The van der Waals surface area contributed by atoms with Gasteiger partial charge in [0.25, 0.3) is 0 Å². The van der Waals surface area contributed by atoms with Crippen LogP contribution in [0.1, 0.15) is 11.1 Å². The molecule has 3 aromatic rings. The third-order valence-corrected chi connectivity index (χ3v) is 3.46. The lowest BCUT2D eigenvalue weighted by atomic mass is 10.0. The number of nitrogens with two attached hydrogens (primary N) is 1. The molecule has 3 rings (SSSR count). The highest BCUT2D eigenvalue weighted by Crippen LogP contribution is 2.28. The molecule has 0 atom stereocenters. The molecule has 0 spiro atoms. The van der Waals surface area contributed by atoms with Crippen LogP contribution in [0.5, 0.6) is 0 Å². The summed E-state index contributed by atoms with van der Waals surface area (Å²) in [6.45, 7) is 4.17. The first-order valence-corrected chi connectivity index (χ1v) is 6.25. The highest BCUT2D eigenvalue weighted by molar-refractivity contribution is 5.83. The van der Waals surface area contributed by atoms with Crippen LogP contribution in [0.3, 0.4) is 0 Å². The molecule has 0 aliphatic carbocycles. The zero-order valence-corrected chi connectivity index (χ0v) is 11.0. The first kappa shape index (κ1) is 11.7. The van der Waals surface area contributed by atoms with Crippen molar-refractivity contribution in [3.05, 3.63) is 53.6 Å². The van der Waals surface area contributed by atoms with Gasteiger partial charge >= 0.3 is 0 Å². The number of rotatable bonds is 1. The fourth-order valence-electron chi connectivity index (χ4n) is 2.22. The molecule has 19 heavy (non-hydrogen) atoms. The van der Waals surface area contributed by atoms with E-state index in [2.05, 4.69) is 29.9 Å². The Balaban J connectivity index is 2.30. The van der Waals surface area contributed by atoms with E-state index < -0.39 is 0 Å². The molecule has 0 fully saturated rings. The minimum atomic E-state index is 0.479. The Kier molecular flexibility index (Phi) is 2.67. The molecule has 0 amide bonds. The van der Waals surface area contributed by atoms with Crippen LogP contribution in [0.4, 0.5) is 5.82 Å². The van der Waals surface area contributed by atoms with Gasteiger partial charge in [-0.05, 0) is 37.1 Å². The SMILES string of the molecule is Cc1cccc(-c2nc3ccccc3nc2N)c1C. The molecular formula is C16H15N3. The van der Waals surface area contributed by atoms with Gasteiger partial charge in [0, 0.05) is 5.56 Å². The molecule has 3 heteroatoms. The molecule has 1 aromatic heterocycles. The van der Waals surface area contributed by atoms with Crippen molar-refractivity contribution in [2.75, 3.05) is 5.73 Å². The Labute approximate surface area is 112 Å². The first-order chi connectivity index (χ1) is 9.16. The van der Waals surface area contributed by atoms with Crippen LogP contribution in [0, 0.1) is 13.8 Å². The van der Waals surface area contributed by atoms with E-state index in [0.29, 0.717) is 5.82 Å². The van der Waals surface area contributed by atoms with E-state index in [9.17, 15) is 0 Å². The summed E-state index contributed by atoms with van der Waals surface area (Å²) >= 11 is 0. The normalized spacial score (nSPS) is 10.8. The minimum absolute atomic E-state index is 0.479. The third-order valence-electron chi connectivity index (χ3n) is 3.46. The molecule has 2 N–H and O–H groups in total. The van der Waals surface area contributed by atoms with Crippen LogP contribution >= 0.6 is 0 Å². The summed E-state index contributed by atoms with van der Waals surface area (Å²) in [7, 11) is 0. The largest absolute Gasteiger partial charge is 0.382 e. The summed E-state index contributed by atoms with van der Waals surface area (Å²) in [6.07, 6.45) is 0. The average Bonchev–Trinajstić information content (AvgIpc) is 2.41. The van der Waals surface area contributed by atoms with Gasteiger partial charge in [0.15, 0.2) is 5.82 Å². The van der Waals surface area contributed by atoms with Crippen molar-refractivity contribution in [3.63, 3.8) is 0 Å². The van der Waals surface area contributed by atoms with Crippen LogP contribution in [-0.4, -0.2) is 9.97 Å². The van der Waals surface area contributed by atoms with Crippen LogP contribution in [0.2, 0.25) is 0 Å². The second-order valence-electron chi connectivity index (χ2n) is 4.69. The van der Waals surface area contributed by atoms with E-state index >= 15 is 0 Å². The number of fused-ring (bicyclic) bond motifs is 1. The molecule has 94 valence electrons. The Morgan fingerprint density at radius 1 is 0.842 bits per heavy atom. The smallest absolute Gasteiger partial charge is 0.150 e. The second kappa shape index (κ2) is 4.35. The first-order valence-electron chi connectivity index (χ1n) is 6.25. The van der Waals surface area contributed by atoms with E-state index in [1.165, 1.54) is 11.1 Å². The molecule has 0 saturated carbocycles. The number of nitrogens with zero attached hydrogens (tertiary/aromatic N) is 2. The van der Waals surface area contributed by atoms with Crippen LogP contribution in [0.15, 0.2) is 42.5 Å². The van der Waals surface area contributed by atoms with Gasteiger partial charge in [0.2, 0.25) is 0 Å². The standard InChI is InChI=1S/C16H15N3/c1-10-6-5-7-12(11(10)2)15-16(17)19-14-9-4-3-8-13(14)18-15/h3-9H,1-2H3,(H2,17,19). The predicted molar refractivity (Wildman–Crippen MR) is 78.9 cm³/mol. The van der Waals surface area contributed by atoms with Gasteiger partial charge in [-0.25, -0.2) is 9.97 Å². The predicted octanol–water partition coefficient (Wildman–Crippen LogP) is 3.50. The van der Waals surface area contributed by atoms with Gasteiger partial charge in [-0.1, -0.05) is 30.3 Å². The van der Waals surface area contributed by atoms with E-state index in [1.54, 1.807) is 0 Å². The number of anilines is 1. The maximum absolute atomic E-state index is 6.06. The van der Waals surface area contributed by atoms with Crippen molar-refractivity contribution in [2.45, 2.75) is 13.8 Å². The molecule has 0 bridgehead atoms. The molecule has 0 unspecified atom stereocenters. The fraction of sp³-hybridized carbons (Fsp3) is 0.125. The van der Waals surface area contributed by atoms with Crippen molar-refractivity contribution in [1.29, 1.82) is 0 Å². The van der Waals surface area contributed by atoms with Crippen molar-refractivity contribution in [2.24, 2.45) is 0 Å². The highest BCUT2D eigenvalue weighted by atomic mass is 14.9. The van der Waals surface area contributed by atoms with Crippen molar-refractivity contribution in [1.82, 2.24) is 9.97 Å². The van der Waals surface area contributed by atoms with Crippen molar-refractivity contribution >= 4 is 16.9 Å². The van der Waals surface area contributed by atoms with Crippen LogP contribution in [0.25, 0.3) is 22.3 Å². The van der Waals surface area contributed by atoms with Crippen molar-refractivity contribution in [3.8, 4) is 11.3 Å². The van der Waals surface area contributed by atoms with Gasteiger partial charge in [0.05, 0.1) is 11.0 Å². The zero-order chi connectivity index (χ0) is 13.4. The number of hydrogen-bond donors (Lipinski definition) is 1. The Bertz CT molecular complexity index is 763. The molecule has 3 nitrogen and oxygen atoms in total. The summed E-state index contributed by atoms with van der Waals surface area (Å²) < 4.78 is 0. The quantitative estimate of drug-likeness (QED) is 0.718. The Hall–Kier alpha value is -2.42. The van der Waals surface area contributed by atoms with E-state index in [-0.39, 0.29) is 0 Å². The number of benzene rings is 2. The molecule has 0 aliphatic rings. The number of nitrogen functional groups attached to an aromatic ring is 1. The third kappa shape index (κ3) is 1.93. The maximum atomic E-state index is 6.06. The summed E-state index contributed by atoms with van der Waals surface area (Å²) in [6, 6.07) is 13.9. The lowest BCUT2D eigenvalue weighted by Gasteiger charge is -2.10. The fourth-order valence-corrected chi connectivity index (χ4v) is 2.22. The van der Waals surface area contributed by atoms with Gasteiger partial charge in [0.1, 0.15) is 5.69 Å². The number of aromatic nitrogens is 2. The molecule has 1 heterocycles. The molecule has 0 aliphatic heterocycles. The monoisotopic (exact) mass is 249 g/mol. The van der Waals surface area contributed by atoms with E-state index in [0.717, 1.165) is 22.3 Å². The van der Waals surface area contributed by atoms with Crippen LogP contribution < -0.4 is 5.73 Å². The zero-order valence-electron chi connectivity index (χ0n) is 11.0. The number of hydrogen-bond acceptors (Lipinski definition) is 3. The van der Waals surface area contributed by atoms with Crippen molar-refractivity contribution < 1.29 is 0 Å². The van der Waals surface area contributed by atoms with E-state index in [4.69, 9.17) is 5.73 Å². The lowest BCUT2D eigenvalue weighted by molar-refractivity contribution is 1.27. The molecule has 0 saturated heterocycles. The van der Waals surface area contributed by atoms with Gasteiger partial charge in [-0.2, -0.15) is 0 Å². The van der Waals surface area contributed by atoms with Gasteiger partial charge in [-0.15, -0.1) is 0 Å². The minimum Gasteiger partial charge on any atom is -0.382 e. The average molecular weight is 249 g/mol. The highest BCUT2D eigenvalue weighted by Gasteiger charge is 2.11. The van der Waals surface area contributed by atoms with Gasteiger partial charge in [-0.3, -0.25) is 0 Å². The number of para-hydroxylation sites is 2. The molecular weight excluding hydrogens is 234 g/mol. The van der Waals surface area contributed by atoms with E-state index in [1.807, 2.05) is 36.4 Å². The summed E-state index contributed by atoms with van der Waals surface area (Å²) in [5.74, 6) is 0.479. The Morgan fingerprint density at radius 3 is 2.26 bits per heavy atom. The van der Waals surface area contributed by atoms with Crippen LogP contribution in [-0.2, 0) is 0 Å². The van der Waals surface area contributed by atoms with Gasteiger partial charge < -0.3 is 5.73 Å².